The number of fused-ring (bicyclic) bond motifs is 2. The Kier molecular flexibility index (Phi) is 19.0. The number of hydrogen-bond acceptors (Lipinski definition) is 15. The van der Waals surface area contributed by atoms with Crippen LogP contribution >= 0.6 is 22.7 Å². The summed E-state index contributed by atoms with van der Waals surface area (Å²) in [5, 5.41) is 17.1. The highest BCUT2D eigenvalue weighted by atomic mass is 32.1. The summed E-state index contributed by atoms with van der Waals surface area (Å²) in [4.78, 5) is 71.3. The minimum absolute atomic E-state index is 0.0607. The second kappa shape index (κ2) is 25.1. The average Bonchev–Trinajstić information content (AvgIpc) is 4.09. The fraction of sp³-hybridized carbons (Fsp3) is 0.491. The molecule has 2 saturated carbocycles. The minimum Gasteiger partial charge on any atom is -0.478 e. The summed E-state index contributed by atoms with van der Waals surface area (Å²) in [5.74, 6) is -0.501. The fourth-order valence-corrected chi connectivity index (χ4v) is 11.5. The van der Waals surface area contributed by atoms with E-state index in [4.69, 9.17) is 14.2 Å². The summed E-state index contributed by atoms with van der Waals surface area (Å²) >= 11 is 2.01. The van der Waals surface area contributed by atoms with E-state index in [0.29, 0.717) is 50.5 Å². The maximum atomic E-state index is 13.3. The number of nitrogens with zero attached hydrogens (tertiary/aromatic N) is 6. The number of aromatic carboxylic acids is 1. The van der Waals surface area contributed by atoms with Crippen LogP contribution in [0.4, 0.5) is 47.6 Å². The predicted octanol–water partition coefficient (Wildman–Crippen LogP) is 13.4. The average molecular weight is 1140 g/mol. The highest BCUT2D eigenvalue weighted by Gasteiger charge is 2.36. The van der Waals surface area contributed by atoms with Crippen LogP contribution in [0.1, 0.15) is 135 Å². The van der Waals surface area contributed by atoms with Crippen molar-refractivity contribution in [2.45, 2.75) is 167 Å². The van der Waals surface area contributed by atoms with Crippen LogP contribution in [-0.2, 0) is 40.1 Å². The lowest BCUT2D eigenvalue weighted by Gasteiger charge is -2.38. The SMILES string of the molecule is CC(C)(C)OC(=O)N(Cc1ccc(C(=O)O)cc1)[C@H]1CCC[C@@H](Nc2ncnc3sc(CC(F)(F)F)cc23)C1.COC(=O)c1ccc(CN(C(=O)OC(C)(C)C)[C@H]2CCC[C@@H](Nc3ncnc4sc(CC(F)(F)F)cc34)C2)cc1. The van der Waals surface area contributed by atoms with Gasteiger partial charge in [-0.25, -0.2) is 39.1 Å². The molecule has 2 amide bonds. The standard InChI is InChI=1S/C28H33F3N4O4S.C27H31F3N4O4S/c1-27(2,3)39-26(37)35(15-17-8-10-18(11-9-17)25(36)38-4)20-7-5-6-19(12-20)34-23-22-13-21(14-28(29,30)31)40-24(22)33-16-32-23;1-26(2,3)38-25(37)34(14-16-7-9-17(10-8-16)24(35)36)19-6-4-5-18(11-19)33-22-21-12-20(13-27(28,29)30)39-23(21)32-15-31-22/h8-11,13,16,19-20H,5-7,12,14-15H2,1-4H3,(H,32,33,34);7-10,12,15,18-19H,4-6,11,13-14H2,1-3H3,(H,35,36)(H,31,32,33)/t19-,20+;18-,19+/m11/s1. The number of benzene rings is 2. The third-order valence-electron chi connectivity index (χ3n) is 12.9. The van der Waals surface area contributed by atoms with Gasteiger partial charge in [-0.15, -0.1) is 22.7 Å². The van der Waals surface area contributed by atoms with Crippen molar-refractivity contribution in [3.05, 3.63) is 105 Å². The number of esters is 1. The Morgan fingerprint density at radius 1 is 0.608 bits per heavy atom. The van der Waals surface area contributed by atoms with Crippen LogP contribution < -0.4 is 10.6 Å². The lowest BCUT2D eigenvalue weighted by atomic mass is 9.89. The zero-order valence-electron chi connectivity index (χ0n) is 44.8. The van der Waals surface area contributed by atoms with E-state index in [1.54, 1.807) is 67.0 Å². The molecule has 79 heavy (non-hydrogen) atoms. The van der Waals surface area contributed by atoms with E-state index in [0.717, 1.165) is 72.3 Å². The Hall–Kier alpha value is -6.82. The summed E-state index contributed by atoms with van der Waals surface area (Å²) in [6.07, 6.45) is -2.88. The molecular weight excluding hydrogens is 1080 g/mol. The highest BCUT2D eigenvalue weighted by molar-refractivity contribution is 7.19. The summed E-state index contributed by atoms with van der Waals surface area (Å²) in [5.41, 5.74) is 0.799. The van der Waals surface area contributed by atoms with Crippen molar-refractivity contribution in [2.75, 3.05) is 17.7 Å². The van der Waals surface area contributed by atoms with Crippen LogP contribution in [0.15, 0.2) is 73.3 Å². The minimum atomic E-state index is -4.31. The highest BCUT2D eigenvalue weighted by Crippen LogP contribution is 2.37. The van der Waals surface area contributed by atoms with Crippen molar-refractivity contribution in [1.29, 1.82) is 0 Å². The number of carboxylic acids is 1. The molecule has 0 bridgehead atoms. The fourth-order valence-electron chi connectivity index (χ4n) is 9.49. The number of hydrogen-bond donors (Lipinski definition) is 3. The van der Waals surface area contributed by atoms with Crippen LogP contribution in [0.25, 0.3) is 20.4 Å². The zero-order chi connectivity index (χ0) is 57.5. The van der Waals surface area contributed by atoms with E-state index in [-0.39, 0.29) is 52.6 Å². The van der Waals surface area contributed by atoms with E-state index in [2.05, 4.69) is 30.6 Å². The van der Waals surface area contributed by atoms with Crippen molar-refractivity contribution in [3.8, 4) is 0 Å². The summed E-state index contributed by atoms with van der Waals surface area (Å²) in [6.45, 7) is 11.4. The van der Waals surface area contributed by atoms with Gasteiger partial charge in [0.1, 0.15) is 45.2 Å². The third-order valence-corrected chi connectivity index (χ3v) is 15.0. The van der Waals surface area contributed by atoms with Gasteiger partial charge in [-0.1, -0.05) is 24.3 Å². The van der Waals surface area contributed by atoms with E-state index in [1.807, 2.05) is 20.8 Å². The molecule has 426 valence electrons. The molecule has 2 aliphatic carbocycles. The quantitative estimate of drug-likeness (QED) is 0.0529. The van der Waals surface area contributed by atoms with Gasteiger partial charge < -0.3 is 39.8 Å². The number of alkyl halides is 6. The molecule has 2 fully saturated rings. The topological polar surface area (TPSA) is 198 Å². The van der Waals surface area contributed by atoms with Crippen LogP contribution in [0.3, 0.4) is 0 Å². The number of halogens is 6. The smallest absolute Gasteiger partial charge is 0.410 e. The first-order valence-corrected chi connectivity index (χ1v) is 27.3. The Bertz CT molecular complexity index is 3070. The van der Waals surface area contributed by atoms with Gasteiger partial charge in [0.05, 0.1) is 41.9 Å². The van der Waals surface area contributed by atoms with Gasteiger partial charge in [-0.2, -0.15) is 26.3 Å². The number of carbonyl (C=O) groups excluding carboxylic acids is 3. The molecule has 4 aromatic heterocycles. The molecule has 0 radical (unpaired) electrons. The predicted molar refractivity (Wildman–Crippen MR) is 288 cm³/mol. The van der Waals surface area contributed by atoms with Gasteiger partial charge in [0.25, 0.3) is 0 Å². The Morgan fingerprint density at radius 2 is 1.00 bits per heavy atom. The van der Waals surface area contributed by atoms with Crippen molar-refractivity contribution < 1.29 is 64.8 Å². The van der Waals surface area contributed by atoms with Gasteiger partial charge in [-0.3, -0.25) is 0 Å². The van der Waals surface area contributed by atoms with E-state index < -0.39 is 60.5 Å². The molecule has 2 aliphatic rings. The van der Waals surface area contributed by atoms with Crippen LogP contribution in [0.2, 0.25) is 0 Å². The maximum absolute atomic E-state index is 13.3. The largest absolute Gasteiger partial charge is 0.478 e. The number of methoxy groups -OCH3 is 1. The second-order valence-corrected chi connectivity index (χ2v) is 23.9. The Balaban J connectivity index is 0.000000229. The summed E-state index contributed by atoms with van der Waals surface area (Å²) in [7, 11) is 1.32. The molecule has 0 saturated heterocycles. The molecule has 0 unspecified atom stereocenters. The van der Waals surface area contributed by atoms with Gasteiger partial charge >= 0.3 is 36.5 Å². The Morgan fingerprint density at radius 3 is 1.35 bits per heavy atom. The lowest BCUT2D eigenvalue weighted by molar-refractivity contribution is -0.127. The molecule has 0 aliphatic heterocycles. The lowest BCUT2D eigenvalue weighted by Crippen LogP contribution is -2.46. The number of rotatable bonds is 14. The maximum Gasteiger partial charge on any atom is 0.410 e. The van der Waals surface area contributed by atoms with Gasteiger partial charge in [0.2, 0.25) is 0 Å². The van der Waals surface area contributed by atoms with Gasteiger partial charge in [-0.05, 0) is 140 Å². The summed E-state index contributed by atoms with van der Waals surface area (Å²) in [6, 6.07) is 15.8. The molecule has 0 spiro atoms. The zero-order valence-corrected chi connectivity index (χ0v) is 46.4. The van der Waals surface area contributed by atoms with Crippen molar-refractivity contribution >= 4 is 78.9 Å². The van der Waals surface area contributed by atoms with Gasteiger partial charge in [0, 0.05) is 47.0 Å². The molecular formula is C55H64F6N8O8S2. The number of ether oxygens (including phenoxy) is 3. The van der Waals surface area contributed by atoms with Crippen molar-refractivity contribution in [2.24, 2.45) is 0 Å². The number of carbonyl (C=O) groups is 4. The van der Waals surface area contributed by atoms with Crippen molar-refractivity contribution in [3.63, 3.8) is 0 Å². The van der Waals surface area contributed by atoms with E-state index in [9.17, 15) is 50.6 Å². The second-order valence-electron chi connectivity index (χ2n) is 21.6. The number of carboxylic acid groups (broad SMARTS) is 1. The molecule has 2 aromatic carbocycles. The molecule has 4 atom stereocenters. The Labute approximate surface area is 461 Å². The van der Waals surface area contributed by atoms with E-state index >= 15 is 0 Å². The molecule has 8 rings (SSSR count). The number of nitrogens with one attached hydrogen (secondary N) is 2. The third kappa shape index (κ3) is 17.6. The number of thiophene rings is 2. The summed E-state index contributed by atoms with van der Waals surface area (Å²) < 4.78 is 93.8. The molecule has 16 nitrogen and oxygen atoms in total. The monoisotopic (exact) mass is 1140 g/mol. The van der Waals surface area contributed by atoms with Crippen LogP contribution in [0.5, 0.6) is 0 Å². The molecule has 4 heterocycles. The van der Waals surface area contributed by atoms with E-state index in [1.165, 1.54) is 44.0 Å². The normalized spacial score (nSPS) is 18.0. The van der Waals surface area contributed by atoms with Crippen LogP contribution in [0, 0.1) is 0 Å². The number of anilines is 2. The number of amides is 2. The van der Waals surface area contributed by atoms with Gasteiger partial charge in [0.15, 0.2) is 0 Å². The first-order valence-electron chi connectivity index (χ1n) is 25.7. The first-order chi connectivity index (χ1) is 37.1. The van der Waals surface area contributed by atoms with Crippen molar-refractivity contribution in [1.82, 2.24) is 29.7 Å². The number of aromatic nitrogens is 4. The van der Waals surface area contributed by atoms with Crippen LogP contribution in [-0.4, -0.2) is 114 Å². The molecule has 6 aromatic rings. The molecule has 3 N–H and O–H groups in total. The first kappa shape index (κ1) is 59.8. The molecule has 24 heteroatoms.